The molecule has 0 fully saturated rings. The van der Waals surface area contributed by atoms with Gasteiger partial charge in [0, 0.05) is 19.1 Å². The Bertz CT molecular complexity index is 353. The lowest BCUT2D eigenvalue weighted by Crippen LogP contribution is -2.13. The summed E-state index contributed by atoms with van der Waals surface area (Å²) in [5, 5.41) is 0. The van der Waals surface area contributed by atoms with Crippen molar-refractivity contribution in [2.24, 2.45) is 0 Å². The third-order valence-corrected chi connectivity index (χ3v) is 3.31. The van der Waals surface area contributed by atoms with Gasteiger partial charge in [-0.3, -0.25) is 0 Å². The first-order chi connectivity index (χ1) is 7.90. The van der Waals surface area contributed by atoms with Crippen LogP contribution in [0.1, 0.15) is 37.5 Å². The molecule has 2 nitrogen and oxygen atoms in total. The second-order valence-corrected chi connectivity index (χ2v) is 5.71. The molecule has 0 aliphatic carbocycles. The molecule has 1 aromatic rings. The van der Waals surface area contributed by atoms with Gasteiger partial charge in [0.05, 0.1) is 13.2 Å². The van der Waals surface area contributed by atoms with Crippen LogP contribution in [-0.2, 0) is 28.1 Å². The minimum Gasteiger partial charge on any atom is -0.380 e. The summed E-state index contributed by atoms with van der Waals surface area (Å²) in [6.07, 6.45) is 0. The fourth-order valence-corrected chi connectivity index (χ4v) is 1.98. The van der Waals surface area contributed by atoms with E-state index in [0.29, 0.717) is 13.2 Å². The van der Waals surface area contributed by atoms with Crippen molar-refractivity contribution in [1.82, 2.24) is 0 Å². The summed E-state index contributed by atoms with van der Waals surface area (Å²) >= 11 is 4.56. The molecule has 0 saturated heterocycles. The molecule has 0 aromatic heterocycles. The number of ether oxygens (including phenoxy) is 2. The fraction of sp³-hybridized carbons (Fsp3) is 0.571. The molecule has 0 spiro atoms. The summed E-state index contributed by atoms with van der Waals surface area (Å²) in [5.74, 6) is 0. The highest BCUT2D eigenvalue weighted by atomic mass is 32.1. The Labute approximate surface area is 110 Å². The maximum Gasteiger partial charge on any atom is 0.0724 e. The van der Waals surface area contributed by atoms with Gasteiger partial charge in [-0.25, -0.2) is 0 Å². The average molecular weight is 254 g/mol. The van der Waals surface area contributed by atoms with Crippen molar-refractivity contribution in [1.29, 1.82) is 0 Å². The molecule has 0 heterocycles. The van der Waals surface area contributed by atoms with Crippen LogP contribution in [0.15, 0.2) is 17.0 Å². The van der Waals surface area contributed by atoms with Gasteiger partial charge < -0.3 is 9.47 Å². The molecule has 0 N–H and O–H groups in total. The Kier molecular flexibility index (Phi) is 5.04. The third kappa shape index (κ3) is 3.73. The molecule has 1 aromatic carbocycles. The van der Waals surface area contributed by atoms with E-state index in [2.05, 4.69) is 45.5 Å². The smallest absolute Gasteiger partial charge is 0.0724 e. The van der Waals surface area contributed by atoms with Crippen LogP contribution in [0.4, 0.5) is 0 Å². The largest absolute Gasteiger partial charge is 0.380 e. The monoisotopic (exact) mass is 254 g/mol. The van der Waals surface area contributed by atoms with Crippen LogP contribution >= 0.6 is 12.6 Å². The van der Waals surface area contributed by atoms with Gasteiger partial charge in [-0.15, -0.1) is 12.6 Å². The summed E-state index contributed by atoms with van der Waals surface area (Å²) in [6.45, 7) is 7.77. The Morgan fingerprint density at radius 1 is 1.00 bits per heavy atom. The minimum atomic E-state index is 0.118. The Balaban J connectivity index is 3.26. The van der Waals surface area contributed by atoms with Crippen molar-refractivity contribution < 1.29 is 9.47 Å². The molecular formula is C14H22O2S. The molecule has 0 bridgehead atoms. The molecule has 0 radical (unpaired) electrons. The van der Waals surface area contributed by atoms with Crippen LogP contribution in [0.3, 0.4) is 0 Å². The third-order valence-electron chi connectivity index (χ3n) is 2.73. The van der Waals surface area contributed by atoms with Gasteiger partial charge in [0.25, 0.3) is 0 Å². The maximum atomic E-state index is 5.22. The molecule has 0 aliphatic heterocycles. The van der Waals surface area contributed by atoms with E-state index < -0.39 is 0 Å². The molecular weight excluding hydrogens is 232 g/mol. The van der Waals surface area contributed by atoms with E-state index in [1.165, 1.54) is 5.56 Å². The summed E-state index contributed by atoms with van der Waals surface area (Å²) in [5.41, 5.74) is 3.65. The first-order valence-electron chi connectivity index (χ1n) is 5.73. The minimum absolute atomic E-state index is 0.118. The average Bonchev–Trinajstić information content (AvgIpc) is 2.22. The topological polar surface area (TPSA) is 18.5 Å². The first-order valence-corrected chi connectivity index (χ1v) is 6.18. The van der Waals surface area contributed by atoms with Gasteiger partial charge in [-0.05, 0) is 22.1 Å². The van der Waals surface area contributed by atoms with E-state index in [4.69, 9.17) is 9.47 Å². The number of methoxy groups -OCH3 is 2. The van der Waals surface area contributed by atoms with Crippen molar-refractivity contribution in [3.63, 3.8) is 0 Å². The molecule has 0 amide bonds. The SMILES string of the molecule is COCc1cc(C(C)(C)C)cc(COC)c1S. The molecule has 0 atom stereocenters. The molecule has 96 valence electrons. The number of benzene rings is 1. The van der Waals surface area contributed by atoms with Crippen LogP contribution < -0.4 is 0 Å². The normalized spacial score (nSPS) is 11.9. The Hall–Kier alpha value is -0.510. The van der Waals surface area contributed by atoms with Crippen molar-refractivity contribution >= 4 is 12.6 Å². The zero-order valence-corrected chi connectivity index (χ0v) is 12.2. The lowest BCUT2D eigenvalue weighted by Gasteiger charge is -2.22. The summed E-state index contributed by atoms with van der Waals surface area (Å²) in [4.78, 5) is 0.974. The number of hydrogen-bond donors (Lipinski definition) is 1. The molecule has 0 unspecified atom stereocenters. The van der Waals surface area contributed by atoms with Crippen LogP contribution in [0.2, 0.25) is 0 Å². The standard InChI is InChI=1S/C14H22O2S/c1-14(2,3)12-6-10(8-15-4)13(17)11(7-12)9-16-5/h6-7,17H,8-9H2,1-5H3. The highest BCUT2D eigenvalue weighted by Gasteiger charge is 2.17. The van der Waals surface area contributed by atoms with Gasteiger partial charge in [0.2, 0.25) is 0 Å². The van der Waals surface area contributed by atoms with E-state index in [1.807, 2.05) is 0 Å². The second-order valence-electron chi connectivity index (χ2n) is 5.26. The van der Waals surface area contributed by atoms with Gasteiger partial charge >= 0.3 is 0 Å². The van der Waals surface area contributed by atoms with Crippen LogP contribution in [0.5, 0.6) is 0 Å². The Morgan fingerprint density at radius 3 is 1.71 bits per heavy atom. The lowest BCUT2D eigenvalue weighted by molar-refractivity contribution is 0.176. The zero-order chi connectivity index (χ0) is 13.1. The van der Waals surface area contributed by atoms with Crippen LogP contribution in [0.25, 0.3) is 0 Å². The number of thiol groups is 1. The predicted octanol–water partition coefficient (Wildman–Crippen LogP) is 3.57. The molecule has 3 heteroatoms. The summed E-state index contributed by atoms with van der Waals surface area (Å²) < 4.78 is 10.4. The van der Waals surface area contributed by atoms with E-state index >= 15 is 0 Å². The fourth-order valence-electron chi connectivity index (χ4n) is 1.72. The first kappa shape index (κ1) is 14.6. The summed E-state index contributed by atoms with van der Waals surface area (Å²) in [7, 11) is 3.40. The van der Waals surface area contributed by atoms with Crippen molar-refractivity contribution in [2.75, 3.05) is 14.2 Å². The van der Waals surface area contributed by atoms with Crippen molar-refractivity contribution in [3.8, 4) is 0 Å². The quantitative estimate of drug-likeness (QED) is 0.828. The maximum absolute atomic E-state index is 5.22. The van der Waals surface area contributed by atoms with Crippen LogP contribution in [0, 0.1) is 0 Å². The van der Waals surface area contributed by atoms with E-state index in [9.17, 15) is 0 Å². The van der Waals surface area contributed by atoms with Gasteiger partial charge in [0.15, 0.2) is 0 Å². The van der Waals surface area contributed by atoms with E-state index in [1.54, 1.807) is 14.2 Å². The van der Waals surface area contributed by atoms with Crippen molar-refractivity contribution in [2.45, 2.75) is 44.3 Å². The lowest BCUT2D eigenvalue weighted by atomic mass is 9.85. The van der Waals surface area contributed by atoms with E-state index in [0.717, 1.165) is 16.0 Å². The summed E-state index contributed by atoms with van der Waals surface area (Å²) in [6, 6.07) is 4.34. The van der Waals surface area contributed by atoms with Gasteiger partial charge in [0.1, 0.15) is 0 Å². The molecule has 0 saturated carbocycles. The molecule has 1 rings (SSSR count). The van der Waals surface area contributed by atoms with Gasteiger partial charge in [-0.1, -0.05) is 32.9 Å². The van der Waals surface area contributed by atoms with Crippen LogP contribution in [-0.4, -0.2) is 14.2 Å². The molecule has 17 heavy (non-hydrogen) atoms. The Morgan fingerprint density at radius 2 is 1.41 bits per heavy atom. The molecule has 0 aliphatic rings. The second kappa shape index (κ2) is 5.89. The predicted molar refractivity (Wildman–Crippen MR) is 73.8 cm³/mol. The zero-order valence-electron chi connectivity index (χ0n) is 11.3. The number of hydrogen-bond acceptors (Lipinski definition) is 3. The number of rotatable bonds is 4. The van der Waals surface area contributed by atoms with E-state index in [-0.39, 0.29) is 5.41 Å². The van der Waals surface area contributed by atoms with Gasteiger partial charge in [-0.2, -0.15) is 0 Å². The highest BCUT2D eigenvalue weighted by Crippen LogP contribution is 2.30. The highest BCUT2D eigenvalue weighted by molar-refractivity contribution is 7.80. The van der Waals surface area contributed by atoms with Crippen molar-refractivity contribution in [3.05, 3.63) is 28.8 Å².